The number of fused-ring (bicyclic) bond motifs is 1. The second-order valence-corrected chi connectivity index (χ2v) is 5.01. The molecule has 0 aliphatic carbocycles. The van der Waals surface area contributed by atoms with Gasteiger partial charge in [0.1, 0.15) is 0 Å². The largest absolute Gasteiger partial charge is 0.382 e. The lowest BCUT2D eigenvalue weighted by Gasteiger charge is -2.08. The number of unbranched alkanes of at least 4 members (excludes halogenated alkanes) is 1. The van der Waals surface area contributed by atoms with Crippen LogP contribution in [-0.4, -0.2) is 38.5 Å². The van der Waals surface area contributed by atoms with E-state index in [1.807, 2.05) is 18.5 Å². The van der Waals surface area contributed by atoms with Gasteiger partial charge in [0.25, 0.3) is 0 Å². The van der Waals surface area contributed by atoms with Crippen molar-refractivity contribution >= 4 is 10.8 Å². The fourth-order valence-corrected chi connectivity index (χ4v) is 2.24. The number of benzene rings is 1. The maximum Gasteiger partial charge on any atom is 0.0700 e. The van der Waals surface area contributed by atoms with Gasteiger partial charge in [0.15, 0.2) is 0 Å². The summed E-state index contributed by atoms with van der Waals surface area (Å²) in [6.45, 7) is 4.02. The highest BCUT2D eigenvalue weighted by molar-refractivity contribution is 5.84. The summed E-state index contributed by atoms with van der Waals surface area (Å²) >= 11 is 0. The second-order valence-electron chi connectivity index (χ2n) is 5.01. The predicted octanol–water partition coefficient (Wildman–Crippen LogP) is 2.77. The fraction of sp³-hybridized carbons (Fsp3) is 0.471. The summed E-state index contributed by atoms with van der Waals surface area (Å²) in [5.74, 6) is 0. The molecule has 21 heavy (non-hydrogen) atoms. The lowest BCUT2D eigenvalue weighted by molar-refractivity contribution is 0.0688. The van der Waals surface area contributed by atoms with Crippen molar-refractivity contribution in [2.75, 3.05) is 33.5 Å². The molecule has 2 aromatic rings. The van der Waals surface area contributed by atoms with Crippen molar-refractivity contribution in [3.63, 3.8) is 0 Å². The van der Waals surface area contributed by atoms with Gasteiger partial charge < -0.3 is 14.8 Å². The van der Waals surface area contributed by atoms with Gasteiger partial charge in [-0.3, -0.25) is 4.98 Å². The van der Waals surface area contributed by atoms with E-state index in [-0.39, 0.29) is 0 Å². The number of aromatic nitrogens is 1. The first-order valence-corrected chi connectivity index (χ1v) is 7.51. The van der Waals surface area contributed by atoms with E-state index in [1.165, 1.54) is 16.3 Å². The summed E-state index contributed by atoms with van der Waals surface area (Å²) < 4.78 is 10.4. The summed E-state index contributed by atoms with van der Waals surface area (Å²) in [6, 6.07) is 8.37. The molecule has 1 aromatic heterocycles. The highest BCUT2D eigenvalue weighted by atomic mass is 16.5. The molecule has 1 heterocycles. The SMILES string of the molecule is COCCOCCCCNCc1cncc2ccccc12. The molecule has 0 spiro atoms. The predicted molar refractivity (Wildman–Crippen MR) is 85.4 cm³/mol. The topological polar surface area (TPSA) is 43.4 Å². The molecule has 0 aliphatic heterocycles. The molecule has 0 saturated heterocycles. The molecule has 1 aromatic carbocycles. The Morgan fingerprint density at radius 2 is 1.95 bits per heavy atom. The average molecular weight is 288 g/mol. The maximum atomic E-state index is 5.43. The Morgan fingerprint density at radius 1 is 1.05 bits per heavy atom. The van der Waals surface area contributed by atoms with Crippen LogP contribution in [0, 0.1) is 0 Å². The van der Waals surface area contributed by atoms with Gasteiger partial charge in [0, 0.05) is 38.0 Å². The Hall–Kier alpha value is -1.49. The van der Waals surface area contributed by atoms with Crippen molar-refractivity contribution in [3.05, 3.63) is 42.2 Å². The monoisotopic (exact) mass is 288 g/mol. The first-order valence-electron chi connectivity index (χ1n) is 7.51. The van der Waals surface area contributed by atoms with Crippen molar-refractivity contribution < 1.29 is 9.47 Å². The fourth-order valence-electron chi connectivity index (χ4n) is 2.24. The third kappa shape index (κ3) is 5.42. The summed E-state index contributed by atoms with van der Waals surface area (Å²) in [5.41, 5.74) is 1.25. The minimum atomic E-state index is 0.673. The van der Waals surface area contributed by atoms with Gasteiger partial charge in [-0.05, 0) is 30.3 Å². The zero-order valence-corrected chi connectivity index (χ0v) is 12.7. The molecule has 114 valence electrons. The van der Waals surface area contributed by atoms with Crippen LogP contribution in [0.4, 0.5) is 0 Å². The van der Waals surface area contributed by atoms with Crippen molar-refractivity contribution in [1.82, 2.24) is 10.3 Å². The third-order valence-corrected chi connectivity index (χ3v) is 3.39. The molecule has 0 atom stereocenters. The van der Waals surface area contributed by atoms with Crippen LogP contribution in [-0.2, 0) is 16.0 Å². The van der Waals surface area contributed by atoms with Crippen molar-refractivity contribution in [1.29, 1.82) is 0 Å². The second kappa shape index (κ2) is 9.45. The zero-order chi connectivity index (χ0) is 14.8. The molecule has 0 saturated carbocycles. The molecule has 0 aliphatic rings. The first kappa shape index (κ1) is 15.9. The van der Waals surface area contributed by atoms with E-state index in [1.54, 1.807) is 7.11 Å². The zero-order valence-electron chi connectivity index (χ0n) is 12.7. The van der Waals surface area contributed by atoms with E-state index in [9.17, 15) is 0 Å². The molecule has 2 rings (SSSR count). The van der Waals surface area contributed by atoms with Crippen molar-refractivity contribution in [2.45, 2.75) is 19.4 Å². The molecule has 0 bridgehead atoms. The average Bonchev–Trinajstić information content (AvgIpc) is 2.53. The molecule has 4 heteroatoms. The van der Waals surface area contributed by atoms with Gasteiger partial charge in [-0.25, -0.2) is 0 Å². The van der Waals surface area contributed by atoms with Crippen LogP contribution in [0.1, 0.15) is 18.4 Å². The smallest absolute Gasteiger partial charge is 0.0700 e. The lowest BCUT2D eigenvalue weighted by atomic mass is 10.1. The van der Waals surface area contributed by atoms with Crippen molar-refractivity contribution in [3.8, 4) is 0 Å². The van der Waals surface area contributed by atoms with Gasteiger partial charge in [-0.15, -0.1) is 0 Å². The Balaban J connectivity index is 1.64. The van der Waals surface area contributed by atoms with Crippen LogP contribution in [0.2, 0.25) is 0 Å². The standard InChI is InChI=1S/C17H24N2O2/c1-20-10-11-21-9-5-4-8-18-13-16-14-19-12-15-6-2-3-7-17(15)16/h2-3,6-7,12,14,18H,4-5,8-11,13H2,1H3. The number of ether oxygens (including phenoxy) is 2. The Kier molecular flexibility index (Phi) is 7.15. The van der Waals surface area contributed by atoms with Gasteiger partial charge in [0.2, 0.25) is 0 Å². The van der Waals surface area contributed by atoms with Crippen LogP contribution in [0.3, 0.4) is 0 Å². The number of hydrogen-bond donors (Lipinski definition) is 1. The molecule has 0 radical (unpaired) electrons. The van der Waals surface area contributed by atoms with E-state index >= 15 is 0 Å². The normalized spacial score (nSPS) is 11.1. The van der Waals surface area contributed by atoms with Gasteiger partial charge in [-0.1, -0.05) is 24.3 Å². The van der Waals surface area contributed by atoms with Crippen LogP contribution in [0.25, 0.3) is 10.8 Å². The van der Waals surface area contributed by atoms with Gasteiger partial charge >= 0.3 is 0 Å². The van der Waals surface area contributed by atoms with Gasteiger partial charge in [0.05, 0.1) is 13.2 Å². The minimum Gasteiger partial charge on any atom is -0.382 e. The molecular formula is C17H24N2O2. The highest BCUT2D eigenvalue weighted by Gasteiger charge is 2.00. The maximum absolute atomic E-state index is 5.43. The van der Waals surface area contributed by atoms with Gasteiger partial charge in [-0.2, -0.15) is 0 Å². The van der Waals surface area contributed by atoms with Crippen LogP contribution in [0.15, 0.2) is 36.7 Å². The number of nitrogens with one attached hydrogen (secondary N) is 1. The highest BCUT2D eigenvalue weighted by Crippen LogP contribution is 2.16. The molecule has 0 amide bonds. The summed E-state index contributed by atoms with van der Waals surface area (Å²) in [5, 5.41) is 5.95. The van der Waals surface area contributed by atoms with E-state index in [4.69, 9.17) is 9.47 Å². The molecule has 1 N–H and O–H groups in total. The van der Waals surface area contributed by atoms with E-state index in [2.05, 4.69) is 28.5 Å². The van der Waals surface area contributed by atoms with E-state index in [0.717, 1.165) is 32.5 Å². The summed E-state index contributed by atoms with van der Waals surface area (Å²) in [4.78, 5) is 4.30. The molecule has 4 nitrogen and oxygen atoms in total. The lowest BCUT2D eigenvalue weighted by Crippen LogP contribution is -2.15. The van der Waals surface area contributed by atoms with E-state index < -0.39 is 0 Å². The summed E-state index contributed by atoms with van der Waals surface area (Å²) in [6.07, 6.45) is 6.05. The number of methoxy groups -OCH3 is 1. The Bertz CT molecular complexity index is 526. The van der Waals surface area contributed by atoms with Crippen molar-refractivity contribution in [2.24, 2.45) is 0 Å². The minimum absolute atomic E-state index is 0.673. The van der Waals surface area contributed by atoms with Crippen LogP contribution >= 0.6 is 0 Å². The number of rotatable bonds is 10. The third-order valence-electron chi connectivity index (χ3n) is 3.39. The van der Waals surface area contributed by atoms with Crippen LogP contribution < -0.4 is 5.32 Å². The Morgan fingerprint density at radius 3 is 2.86 bits per heavy atom. The Labute approximate surface area is 126 Å². The molecular weight excluding hydrogens is 264 g/mol. The van der Waals surface area contributed by atoms with Crippen LogP contribution in [0.5, 0.6) is 0 Å². The molecule has 0 fully saturated rings. The number of pyridine rings is 1. The quantitative estimate of drug-likeness (QED) is 0.683. The number of hydrogen-bond acceptors (Lipinski definition) is 4. The first-order chi connectivity index (χ1) is 10.4. The number of nitrogens with zero attached hydrogens (tertiary/aromatic N) is 1. The van der Waals surface area contributed by atoms with E-state index in [0.29, 0.717) is 13.2 Å². The summed E-state index contributed by atoms with van der Waals surface area (Å²) in [7, 11) is 1.69. The molecule has 0 unspecified atom stereocenters.